The van der Waals surface area contributed by atoms with Crippen molar-refractivity contribution in [1.29, 1.82) is 0 Å². The van der Waals surface area contributed by atoms with E-state index >= 15 is 0 Å². The molecule has 1 atom stereocenters. The van der Waals surface area contributed by atoms with E-state index in [1.54, 1.807) is 0 Å². The molecule has 86 valence electrons. The molecule has 4 heterocycles. The molecule has 3 heteroatoms. The Kier molecular flexibility index (Phi) is 2.56. The molecule has 0 aliphatic carbocycles. The Morgan fingerprint density at radius 1 is 1.38 bits per heavy atom. The molecule has 0 spiro atoms. The first-order chi connectivity index (χ1) is 7.84. The second kappa shape index (κ2) is 4.06. The van der Waals surface area contributed by atoms with E-state index in [4.69, 9.17) is 0 Å². The van der Waals surface area contributed by atoms with Gasteiger partial charge in [-0.25, -0.2) is 0 Å². The van der Waals surface area contributed by atoms with Gasteiger partial charge in [0, 0.05) is 25.8 Å². The Hall–Kier alpha value is -1.09. The number of likely N-dealkylation sites (N-methyl/N-ethyl adjacent to an activating group) is 1. The number of anilines is 1. The van der Waals surface area contributed by atoms with Gasteiger partial charge in [-0.2, -0.15) is 0 Å². The molecular formula is C13H19N3. The topological polar surface area (TPSA) is 19.4 Å². The van der Waals surface area contributed by atoms with Gasteiger partial charge < -0.3 is 9.80 Å². The molecule has 1 aromatic rings. The van der Waals surface area contributed by atoms with Crippen LogP contribution in [0.3, 0.4) is 0 Å². The molecule has 4 rings (SSSR count). The number of hydrogen-bond acceptors (Lipinski definition) is 3. The Balaban J connectivity index is 1.78. The maximum atomic E-state index is 4.21. The molecule has 3 saturated heterocycles. The molecule has 0 N–H and O–H groups in total. The minimum atomic E-state index is 0.687. The van der Waals surface area contributed by atoms with Crippen LogP contribution < -0.4 is 4.90 Å². The lowest BCUT2D eigenvalue weighted by molar-refractivity contribution is 0.0873. The highest BCUT2D eigenvalue weighted by Gasteiger charge is 2.36. The number of fused-ring (bicyclic) bond motifs is 3. The number of hydrogen-bond donors (Lipinski definition) is 0. The van der Waals surface area contributed by atoms with Crippen molar-refractivity contribution in [3.05, 3.63) is 24.5 Å². The lowest BCUT2D eigenvalue weighted by Crippen LogP contribution is -2.56. The summed E-state index contributed by atoms with van der Waals surface area (Å²) in [4.78, 5) is 9.22. The summed E-state index contributed by atoms with van der Waals surface area (Å²) in [6.45, 7) is 3.85. The first-order valence-corrected chi connectivity index (χ1v) is 6.20. The van der Waals surface area contributed by atoms with Crippen LogP contribution in [0.15, 0.2) is 24.5 Å². The van der Waals surface area contributed by atoms with Gasteiger partial charge >= 0.3 is 0 Å². The van der Waals surface area contributed by atoms with Gasteiger partial charge in [-0.15, -0.1) is 0 Å². The Labute approximate surface area is 97.1 Å². The summed E-state index contributed by atoms with van der Waals surface area (Å²) in [5, 5.41) is 0. The van der Waals surface area contributed by atoms with Crippen molar-refractivity contribution < 1.29 is 0 Å². The van der Waals surface area contributed by atoms with Crippen molar-refractivity contribution in [2.24, 2.45) is 5.92 Å². The van der Waals surface area contributed by atoms with E-state index in [2.05, 4.69) is 27.9 Å². The highest BCUT2D eigenvalue weighted by atomic mass is 15.2. The smallest absolute Gasteiger partial charge is 0.0553 e. The minimum Gasteiger partial charge on any atom is -0.369 e. The minimum absolute atomic E-state index is 0.687. The fourth-order valence-electron chi connectivity index (χ4n) is 3.13. The monoisotopic (exact) mass is 217 g/mol. The van der Waals surface area contributed by atoms with Crippen LogP contribution in [0, 0.1) is 5.92 Å². The van der Waals surface area contributed by atoms with Crippen LogP contribution in [0.1, 0.15) is 12.8 Å². The molecule has 0 radical (unpaired) electrons. The van der Waals surface area contributed by atoms with E-state index in [9.17, 15) is 0 Å². The van der Waals surface area contributed by atoms with Gasteiger partial charge in [0.25, 0.3) is 0 Å². The van der Waals surface area contributed by atoms with Gasteiger partial charge in [-0.3, -0.25) is 4.98 Å². The second-order valence-corrected chi connectivity index (χ2v) is 5.03. The van der Waals surface area contributed by atoms with Crippen molar-refractivity contribution in [2.45, 2.75) is 18.9 Å². The van der Waals surface area contributed by atoms with Gasteiger partial charge in [-0.1, -0.05) is 0 Å². The zero-order chi connectivity index (χ0) is 11.0. The summed E-state index contributed by atoms with van der Waals surface area (Å²) in [5.74, 6) is 0.884. The molecule has 1 aromatic heterocycles. The molecule has 2 bridgehead atoms. The molecular weight excluding hydrogens is 198 g/mol. The number of rotatable bonds is 2. The van der Waals surface area contributed by atoms with Crippen molar-refractivity contribution >= 4 is 5.69 Å². The number of piperidine rings is 3. The van der Waals surface area contributed by atoms with Crippen molar-refractivity contribution in [3.63, 3.8) is 0 Å². The summed E-state index contributed by atoms with van der Waals surface area (Å²) in [7, 11) is 2.21. The average Bonchev–Trinajstić information content (AvgIpc) is 2.40. The van der Waals surface area contributed by atoms with Gasteiger partial charge in [0.2, 0.25) is 0 Å². The molecule has 1 unspecified atom stereocenters. The zero-order valence-electron chi connectivity index (χ0n) is 9.84. The van der Waals surface area contributed by atoms with E-state index < -0.39 is 0 Å². The Morgan fingerprint density at radius 3 is 2.75 bits per heavy atom. The van der Waals surface area contributed by atoms with Gasteiger partial charge in [0.15, 0.2) is 0 Å². The molecule has 3 aliphatic rings. The highest BCUT2D eigenvalue weighted by Crippen LogP contribution is 2.32. The van der Waals surface area contributed by atoms with Crippen LogP contribution in [0.5, 0.6) is 0 Å². The summed E-state index contributed by atoms with van der Waals surface area (Å²) in [6, 6.07) is 4.87. The molecule has 0 saturated carbocycles. The van der Waals surface area contributed by atoms with Crippen LogP contribution in [0.4, 0.5) is 5.69 Å². The normalized spacial score (nSPS) is 32.7. The molecule has 16 heavy (non-hydrogen) atoms. The van der Waals surface area contributed by atoms with Crippen LogP contribution in [0.25, 0.3) is 0 Å². The van der Waals surface area contributed by atoms with Gasteiger partial charge in [0.05, 0.1) is 11.9 Å². The SMILES string of the molecule is CN(c1cccnc1)C1CN2CCC1CC2. The molecule has 0 aromatic carbocycles. The zero-order valence-corrected chi connectivity index (χ0v) is 9.84. The highest BCUT2D eigenvalue weighted by molar-refractivity contribution is 5.44. The van der Waals surface area contributed by atoms with E-state index in [0.29, 0.717) is 6.04 Å². The van der Waals surface area contributed by atoms with E-state index in [1.807, 2.05) is 18.5 Å². The van der Waals surface area contributed by atoms with Crippen LogP contribution in [-0.2, 0) is 0 Å². The summed E-state index contributed by atoms with van der Waals surface area (Å²) >= 11 is 0. The maximum Gasteiger partial charge on any atom is 0.0553 e. The molecule has 0 amide bonds. The Morgan fingerprint density at radius 2 is 2.19 bits per heavy atom. The lowest BCUT2D eigenvalue weighted by Gasteiger charge is -2.48. The summed E-state index contributed by atoms with van der Waals surface area (Å²) in [6.07, 6.45) is 6.55. The molecule has 3 nitrogen and oxygen atoms in total. The van der Waals surface area contributed by atoms with Crippen molar-refractivity contribution in [2.75, 3.05) is 31.6 Å². The predicted octanol–water partition coefficient (Wildman–Crippen LogP) is 1.61. The standard InChI is InChI=1S/C13H19N3/c1-15(12-3-2-6-14-9-12)13-10-16-7-4-11(13)5-8-16/h2-3,6,9,11,13H,4-5,7-8,10H2,1H3. The third-order valence-corrected chi connectivity index (χ3v) is 4.17. The van der Waals surface area contributed by atoms with E-state index in [0.717, 1.165) is 5.92 Å². The first-order valence-electron chi connectivity index (χ1n) is 6.20. The predicted molar refractivity (Wildman–Crippen MR) is 65.6 cm³/mol. The fourth-order valence-corrected chi connectivity index (χ4v) is 3.13. The number of pyridine rings is 1. The second-order valence-electron chi connectivity index (χ2n) is 5.03. The summed E-state index contributed by atoms with van der Waals surface area (Å²) < 4.78 is 0. The van der Waals surface area contributed by atoms with Crippen LogP contribution >= 0.6 is 0 Å². The van der Waals surface area contributed by atoms with Crippen LogP contribution in [0.2, 0.25) is 0 Å². The Bertz CT molecular complexity index is 343. The number of aromatic nitrogens is 1. The molecule has 3 fully saturated rings. The third kappa shape index (κ3) is 1.69. The van der Waals surface area contributed by atoms with E-state index in [1.165, 1.54) is 38.2 Å². The van der Waals surface area contributed by atoms with E-state index in [-0.39, 0.29) is 0 Å². The van der Waals surface area contributed by atoms with Crippen LogP contribution in [-0.4, -0.2) is 42.6 Å². The number of nitrogens with zero attached hydrogens (tertiary/aromatic N) is 3. The first kappa shape index (κ1) is 10.1. The fraction of sp³-hybridized carbons (Fsp3) is 0.615. The largest absolute Gasteiger partial charge is 0.369 e. The maximum absolute atomic E-state index is 4.21. The van der Waals surface area contributed by atoms with Gasteiger partial charge in [0.1, 0.15) is 0 Å². The van der Waals surface area contributed by atoms with Crippen molar-refractivity contribution in [1.82, 2.24) is 9.88 Å². The molecule has 3 aliphatic heterocycles. The lowest BCUT2D eigenvalue weighted by atomic mass is 9.83. The third-order valence-electron chi connectivity index (χ3n) is 4.17. The van der Waals surface area contributed by atoms with Gasteiger partial charge in [-0.05, 0) is 44.0 Å². The summed E-state index contributed by atoms with van der Waals surface area (Å²) in [5.41, 5.74) is 1.25. The average molecular weight is 217 g/mol. The van der Waals surface area contributed by atoms with Crippen molar-refractivity contribution in [3.8, 4) is 0 Å². The quantitative estimate of drug-likeness (QED) is 0.750.